The van der Waals surface area contributed by atoms with E-state index in [0.29, 0.717) is 30.5 Å². The number of aromatic hydroxyl groups is 1. The Morgan fingerprint density at radius 2 is 1.10 bits per heavy atom. The highest BCUT2D eigenvalue weighted by Gasteiger charge is 2.35. The third kappa shape index (κ3) is 17.0. The molecule has 2 aromatic rings. The maximum Gasteiger partial charge on any atom is 0.326 e. The Kier molecular flexibility index (Phi) is 20.6. The lowest BCUT2D eigenvalue weighted by Crippen LogP contribution is -2.62. The number of carboxylic acid groups (broad SMARTS) is 1. The number of hydrogen-bond acceptors (Lipinski definition) is 13. The maximum atomic E-state index is 13.6. The Morgan fingerprint density at radius 3 is 1.63 bits per heavy atom. The number of aliphatic hydroxyl groups excluding tert-OH is 2. The molecule has 7 amide bonds. The van der Waals surface area contributed by atoms with Crippen molar-refractivity contribution < 1.29 is 58.8 Å². The second-order valence-corrected chi connectivity index (χ2v) is 14.3. The van der Waals surface area contributed by atoms with Crippen LogP contribution in [0.15, 0.2) is 54.6 Å². The van der Waals surface area contributed by atoms with E-state index in [1.165, 1.54) is 26.0 Å². The summed E-state index contributed by atoms with van der Waals surface area (Å²) in [7, 11) is 0. The normalized spacial score (nSPS) is 15.5. The Hall–Kier alpha value is -6.16. The lowest BCUT2D eigenvalue weighted by atomic mass is 10.0. The number of carbonyl (C=O) groups is 8. The predicted molar refractivity (Wildman–Crippen MR) is 215 cm³/mol. The molecule has 16 N–H and O–H groups in total. The number of carboxylic acids is 1. The molecule has 2 rings (SSSR count). The van der Waals surface area contributed by atoms with E-state index < -0.39 is 108 Å². The van der Waals surface area contributed by atoms with Crippen LogP contribution in [0.1, 0.15) is 57.6 Å². The van der Waals surface area contributed by atoms with Gasteiger partial charge in [-0.1, -0.05) is 42.5 Å². The molecule has 9 atom stereocenters. The molecule has 60 heavy (non-hydrogen) atoms. The number of aliphatic carboxylic acids is 1. The van der Waals surface area contributed by atoms with Gasteiger partial charge in [0.05, 0.1) is 24.7 Å². The number of benzene rings is 2. The van der Waals surface area contributed by atoms with Crippen LogP contribution in [0, 0.1) is 0 Å². The summed E-state index contributed by atoms with van der Waals surface area (Å²) in [5, 5.41) is 53.9. The van der Waals surface area contributed by atoms with Gasteiger partial charge >= 0.3 is 5.97 Å². The number of carbonyl (C=O) groups excluding carboxylic acids is 7. The molecule has 0 heterocycles. The number of primary amides is 1. The van der Waals surface area contributed by atoms with Crippen LogP contribution in [-0.4, -0.2) is 129 Å². The summed E-state index contributed by atoms with van der Waals surface area (Å²) in [6, 6.07) is 3.80. The number of nitrogens with one attached hydrogen (secondary N) is 6. The number of rotatable bonds is 25. The van der Waals surface area contributed by atoms with Gasteiger partial charge in [0.2, 0.25) is 41.4 Å². The van der Waals surface area contributed by atoms with Gasteiger partial charge in [-0.25, -0.2) is 4.79 Å². The highest BCUT2D eigenvalue weighted by atomic mass is 16.4. The Bertz CT molecular complexity index is 1780. The van der Waals surface area contributed by atoms with E-state index in [-0.39, 0.29) is 25.0 Å². The topological polar surface area (TPSA) is 368 Å². The van der Waals surface area contributed by atoms with Gasteiger partial charge < -0.3 is 69.5 Å². The molecule has 0 saturated heterocycles. The van der Waals surface area contributed by atoms with Crippen LogP contribution >= 0.6 is 0 Å². The molecule has 0 fully saturated rings. The van der Waals surface area contributed by atoms with Gasteiger partial charge in [0.25, 0.3) is 0 Å². The van der Waals surface area contributed by atoms with Gasteiger partial charge in [-0.2, -0.15) is 0 Å². The van der Waals surface area contributed by atoms with Gasteiger partial charge in [-0.05, 0) is 76.3 Å². The number of phenolic OH excluding ortho intramolecular Hbond substituents is 1. The molecular formula is C39H57N9O12. The van der Waals surface area contributed by atoms with Crippen LogP contribution in [0.2, 0.25) is 0 Å². The van der Waals surface area contributed by atoms with E-state index in [4.69, 9.17) is 17.2 Å². The third-order valence-corrected chi connectivity index (χ3v) is 9.12. The van der Waals surface area contributed by atoms with Crippen molar-refractivity contribution in [2.75, 3.05) is 6.54 Å². The van der Waals surface area contributed by atoms with E-state index in [1.54, 1.807) is 42.5 Å². The first kappa shape index (κ1) is 50.0. The quantitative estimate of drug-likeness (QED) is 0.0428. The van der Waals surface area contributed by atoms with Crippen molar-refractivity contribution in [3.63, 3.8) is 0 Å². The van der Waals surface area contributed by atoms with E-state index >= 15 is 0 Å². The standard InChI is InChI=1S/C39H57N9O12/c1-20(43-37(57)31(21(2)49)48-34(54)26(41)17-24-12-14-25(51)15-13-24)33(53)47-32(22(3)50)38(58)46-29(19-30(42)52)36(56)45-28(18-23-9-5-4-6-10-23)35(55)44-27(39(59)60)11-7-8-16-40/h4-6,9-10,12-15,20-22,26-29,31-32,49-51H,7-8,11,16-19,40-41H2,1-3H3,(H2,42,52)(H,43,57)(H,44,55)(H,45,56)(H,46,58)(H,47,53)(H,48,54)(H,59,60)/t20-,21+,22+,26-,27-,28-,29-,31-,32-/m0/s1. The van der Waals surface area contributed by atoms with Crippen LogP contribution in [0.25, 0.3) is 0 Å². The fraction of sp³-hybridized carbons (Fsp3) is 0.487. The molecule has 0 saturated carbocycles. The van der Waals surface area contributed by atoms with Gasteiger partial charge in [0.15, 0.2) is 0 Å². The Morgan fingerprint density at radius 1 is 0.600 bits per heavy atom. The number of amides is 7. The zero-order chi connectivity index (χ0) is 45.1. The van der Waals surface area contributed by atoms with Crippen LogP contribution in [0.5, 0.6) is 5.75 Å². The van der Waals surface area contributed by atoms with Crippen molar-refractivity contribution in [2.45, 2.75) is 114 Å². The Balaban J connectivity index is 2.18. The van der Waals surface area contributed by atoms with Gasteiger partial charge in [-0.15, -0.1) is 0 Å². The maximum absolute atomic E-state index is 13.6. The summed E-state index contributed by atoms with van der Waals surface area (Å²) in [6.45, 7) is 3.85. The highest BCUT2D eigenvalue weighted by molar-refractivity contribution is 5.98. The zero-order valence-corrected chi connectivity index (χ0v) is 33.6. The average Bonchev–Trinajstić information content (AvgIpc) is 3.18. The molecular weight excluding hydrogens is 786 g/mol. The summed E-state index contributed by atoms with van der Waals surface area (Å²) in [5.74, 6) is -8.35. The number of phenols is 1. The molecule has 0 spiro atoms. The van der Waals surface area contributed by atoms with Gasteiger partial charge in [-0.3, -0.25) is 33.6 Å². The smallest absolute Gasteiger partial charge is 0.326 e. The lowest BCUT2D eigenvalue weighted by Gasteiger charge is -2.28. The minimum absolute atomic E-state index is 0.00651. The minimum Gasteiger partial charge on any atom is -0.508 e. The third-order valence-electron chi connectivity index (χ3n) is 9.12. The fourth-order valence-corrected chi connectivity index (χ4v) is 5.72. The monoisotopic (exact) mass is 843 g/mol. The number of hydrogen-bond donors (Lipinski definition) is 13. The summed E-state index contributed by atoms with van der Waals surface area (Å²) in [4.78, 5) is 104. The predicted octanol–water partition coefficient (Wildman–Crippen LogP) is -3.72. The summed E-state index contributed by atoms with van der Waals surface area (Å²) < 4.78 is 0. The van der Waals surface area contributed by atoms with Crippen LogP contribution in [0.3, 0.4) is 0 Å². The largest absolute Gasteiger partial charge is 0.508 e. The summed E-state index contributed by atoms with van der Waals surface area (Å²) >= 11 is 0. The van der Waals surface area contributed by atoms with Crippen molar-refractivity contribution in [2.24, 2.45) is 17.2 Å². The summed E-state index contributed by atoms with van der Waals surface area (Å²) in [6.07, 6.45) is -3.06. The first-order valence-corrected chi connectivity index (χ1v) is 19.2. The molecule has 0 unspecified atom stereocenters. The first-order valence-electron chi connectivity index (χ1n) is 19.2. The van der Waals surface area contributed by atoms with Gasteiger partial charge in [0, 0.05) is 6.42 Å². The second-order valence-electron chi connectivity index (χ2n) is 14.3. The zero-order valence-electron chi connectivity index (χ0n) is 33.6. The number of unbranched alkanes of at least 4 members (excludes halogenated alkanes) is 1. The molecule has 2 aromatic carbocycles. The molecule has 0 aromatic heterocycles. The van der Waals surface area contributed by atoms with Crippen molar-refractivity contribution in [1.82, 2.24) is 31.9 Å². The molecule has 0 bridgehead atoms. The van der Waals surface area contributed by atoms with Crippen molar-refractivity contribution in [3.05, 3.63) is 65.7 Å². The fourth-order valence-electron chi connectivity index (χ4n) is 5.72. The van der Waals surface area contributed by atoms with Crippen LogP contribution in [0.4, 0.5) is 0 Å². The molecule has 21 nitrogen and oxygen atoms in total. The van der Waals surface area contributed by atoms with Crippen LogP contribution < -0.4 is 49.1 Å². The van der Waals surface area contributed by atoms with E-state index in [2.05, 4.69) is 31.9 Å². The molecule has 330 valence electrons. The number of aliphatic hydroxyl groups is 2. The molecule has 0 aliphatic heterocycles. The molecule has 0 aliphatic rings. The van der Waals surface area contributed by atoms with Crippen molar-refractivity contribution in [1.29, 1.82) is 0 Å². The minimum atomic E-state index is -1.79. The molecule has 0 radical (unpaired) electrons. The van der Waals surface area contributed by atoms with Gasteiger partial charge in [0.1, 0.15) is 42.0 Å². The first-order chi connectivity index (χ1) is 28.2. The average molecular weight is 844 g/mol. The lowest BCUT2D eigenvalue weighted by molar-refractivity contribution is -0.142. The Labute approximate surface area is 346 Å². The van der Waals surface area contributed by atoms with E-state index in [1.807, 2.05) is 0 Å². The van der Waals surface area contributed by atoms with Crippen molar-refractivity contribution in [3.8, 4) is 5.75 Å². The molecule has 21 heteroatoms. The second kappa shape index (κ2) is 24.7. The SMILES string of the molecule is C[C@H](NC(=O)[C@@H](NC(=O)[C@@H](N)Cc1ccc(O)cc1)[C@@H](C)O)C(=O)N[C@H](C(=O)N[C@@H](CC(N)=O)C(=O)N[C@@H](Cc1ccccc1)C(=O)N[C@@H](CCCCN)C(=O)O)[C@@H](C)O. The number of nitrogens with two attached hydrogens (primary N) is 3. The van der Waals surface area contributed by atoms with E-state index in [9.17, 15) is 58.8 Å². The summed E-state index contributed by atoms with van der Waals surface area (Å²) in [5.41, 5.74) is 18.0. The van der Waals surface area contributed by atoms with Crippen LogP contribution in [-0.2, 0) is 51.2 Å². The molecule has 0 aliphatic carbocycles. The van der Waals surface area contributed by atoms with E-state index in [0.717, 1.165) is 6.92 Å². The highest BCUT2D eigenvalue weighted by Crippen LogP contribution is 2.12. The van der Waals surface area contributed by atoms with Crippen molar-refractivity contribution >= 4 is 47.3 Å².